The maximum Gasteiger partial charge on any atom is 0.319 e. The summed E-state index contributed by atoms with van der Waals surface area (Å²) in [5.41, 5.74) is 1.31. The van der Waals surface area contributed by atoms with Crippen molar-refractivity contribution in [2.75, 3.05) is 46.9 Å². The molecule has 1 aromatic rings. The number of carbonyl (C=O) groups is 2. The van der Waals surface area contributed by atoms with E-state index in [-0.39, 0.29) is 24.0 Å². The van der Waals surface area contributed by atoms with Gasteiger partial charge in [-0.25, -0.2) is 4.79 Å². The zero-order valence-corrected chi connectivity index (χ0v) is 16.5. The first-order valence-corrected chi connectivity index (χ1v) is 9.95. The summed E-state index contributed by atoms with van der Waals surface area (Å²) < 4.78 is 5.89. The Morgan fingerprint density at radius 3 is 2.44 bits per heavy atom. The SMILES string of the molecule is CN(C)C(=O)N1CCC(C(=O)N2CCO[C@@H](CCc3ccccc3)C2)CC1. The molecule has 2 aliphatic heterocycles. The lowest BCUT2D eigenvalue weighted by molar-refractivity contribution is -0.144. The van der Waals surface area contributed by atoms with Crippen LogP contribution in [-0.4, -0.2) is 79.6 Å². The average Bonchev–Trinajstić information content (AvgIpc) is 2.72. The quantitative estimate of drug-likeness (QED) is 0.813. The number of likely N-dealkylation sites (tertiary alicyclic amines) is 1. The van der Waals surface area contributed by atoms with Gasteiger partial charge in [0, 0.05) is 46.2 Å². The normalized spacial score (nSPS) is 21.2. The molecule has 0 bridgehead atoms. The minimum atomic E-state index is 0.0316. The second-order valence-corrected chi connectivity index (χ2v) is 7.74. The number of urea groups is 1. The molecule has 27 heavy (non-hydrogen) atoms. The van der Waals surface area contributed by atoms with Gasteiger partial charge >= 0.3 is 6.03 Å². The summed E-state index contributed by atoms with van der Waals surface area (Å²) in [4.78, 5) is 30.4. The van der Waals surface area contributed by atoms with Gasteiger partial charge in [0.2, 0.25) is 5.91 Å². The number of nitrogens with zero attached hydrogens (tertiary/aromatic N) is 3. The van der Waals surface area contributed by atoms with E-state index >= 15 is 0 Å². The number of aryl methyl sites for hydroxylation is 1. The summed E-state index contributed by atoms with van der Waals surface area (Å²) in [7, 11) is 3.53. The van der Waals surface area contributed by atoms with E-state index in [4.69, 9.17) is 4.74 Å². The Kier molecular flexibility index (Phi) is 6.72. The molecule has 0 radical (unpaired) electrons. The Bertz CT molecular complexity index is 627. The number of amides is 3. The maximum atomic E-state index is 12.9. The van der Waals surface area contributed by atoms with E-state index < -0.39 is 0 Å². The molecule has 148 valence electrons. The van der Waals surface area contributed by atoms with E-state index in [1.807, 2.05) is 15.9 Å². The van der Waals surface area contributed by atoms with Crippen LogP contribution in [0, 0.1) is 5.92 Å². The van der Waals surface area contributed by atoms with Crippen LogP contribution < -0.4 is 0 Å². The van der Waals surface area contributed by atoms with Crippen molar-refractivity contribution in [3.8, 4) is 0 Å². The number of benzene rings is 1. The largest absolute Gasteiger partial charge is 0.375 e. The topological polar surface area (TPSA) is 53.1 Å². The van der Waals surface area contributed by atoms with E-state index in [9.17, 15) is 9.59 Å². The maximum absolute atomic E-state index is 12.9. The van der Waals surface area contributed by atoms with Crippen LogP contribution >= 0.6 is 0 Å². The third-order valence-corrected chi connectivity index (χ3v) is 5.55. The van der Waals surface area contributed by atoms with Gasteiger partial charge < -0.3 is 19.4 Å². The Morgan fingerprint density at radius 1 is 1.07 bits per heavy atom. The van der Waals surface area contributed by atoms with E-state index in [0.29, 0.717) is 32.8 Å². The van der Waals surface area contributed by atoms with Crippen molar-refractivity contribution in [2.45, 2.75) is 31.8 Å². The van der Waals surface area contributed by atoms with Crippen molar-refractivity contribution in [1.82, 2.24) is 14.7 Å². The molecule has 1 atom stereocenters. The molecule has 0 aromatic heterocycles. The van der Waals surface area contributed by atoms with Crippen molar-refractivity contribution in [3.63, 3.8) is 0 Å². The third-order valence-electron chi connectivity index (χ3n) is 5.55. The molecule has 2 aliphatic rings. The molecule has 2 saturated heterocycles. The fourth-order valence-electron chi connectivity index (χ4n) is 3.93. The van der Waals surface area contributed by atoms with Crippen molar-refractivity contribution < 1.29 is 14.3 Å². The molecule has 3 rings (SSSR count). The lowest BCUT2D eigenvalue weighted by Gasteiger charge is -2.38. The first kappa shape index (κ1) is 19.7. The monoisotopic (exact) mass is 373 g/mol. The van der Waals surface area contributed by atoms with Crippen molar-refractivity contribution in [3.05, 3.63) is 35.9 Å². The number of rotatable bonds is 4. The molecule has 6 heteroatoms. The van der Waals surface area contributed by atoms with Gasteiger partial charge in [-0.1, -0.05) is 30.3 Å². The molecule has 3 amide bonds. The lowest BCUT2D eigenvalue weighted by Crippen LogP contribution is -2.51. The van der Waals surface area contributed by atoms with Crippen LogP contribution in [0.15, 0.2) is 30.3 Å². The fraction of sp³-hybridized carbons (Fsp3) is 0.619. The summed E-state index contributed by atoms with van der Waals surface area (Å²) in [6.45, 7) is 3.30. The fourth-order valence-corrected chi connectivity index (χ4v) is 3.93. The molecule has 0 spiro atoms. The number of piperidine rings is 1. The highest BCUT2D eigenvalue weighted by atomic mass is 16.5. The first-order chi connectivity index (χ1) is 13.0. The second-order valence-electron chi connectivity index (χ2n) is 7.74. The van der Waals surface area contributed by atoms with E-state index in [0.717, 1.165) is 25.7 Å². The Balaban J connectivity index is 1.46. The van der Waals surface area contributed by atoms with E-state index in [1.54, 1.807) is 19.0 Å². The minimum Gasteiger partial charge on any atom is -0.375 e. The molecular weight excluding hydrogens is 342 g/mol. The standard InChI is InChI=1S/C21H31N3O3/c1-22(2)21(26)23-12-10-18(11-13-23)20(25)24-14-15-27-19(16-24)9-8-17-6-4-3-5-7-17/h3-7,18-19H,8-16H2,1-2H3/t19-/m0/s1. The molecule has 0 unspecified atom stereocenters. The van der Waals surface area contributed by atoms with Crippen LogP contribution in [0.1, 0.15) is 24.8 Å². The third kappa shape index (κ3) is 5.22. The van der Waals surface area contributed by atoms with E-state index in [2.05, 4.69) is 24.3 Å². The van der Waals surface area contributed by atoms with Crippen LogP contribution in [0.4, 0.5) is 4.79 Å². The van der Waals surface area contributed by atoms with Gasteiger partial charge in [0.25, 0.3) is 0 Å². The zero-order chi connectivity index (χ0) is 19.2. The molecule has 2 fully saturated rings. The molecule has 0 saturated carbocycles. The minimum absolute atomic E-state index is 0.0316. The van der Waals surface area contributed by atoms with Crippen LogP contribution in [0.3, 0.4) is 0 Å². The lowest BCUT2D eigenvalue weighted by atomic mass is 9.95. The molecular formula is C21H31N3O3. The second kappa shape index (κ2) is 9.22. The summed E-state index contributed by atoms with van der Waals surface area (Å²) in [5, 5.41) is 0. The van der Waals surface area contributed by atoms with Gasteiger partial charge in [-0.15, -0.1) is 0 Å². The predicted octanol–water partition coefficient (Wildman–Crippen LogP) is 2.24. The van der Waals surface area contributed by atoms with Gasteiger partial charge in [-0.2, -0.15) is 0 Å². The number of hydrogen-bond donors (Lipinski definition) is 0. The number of carbonyl (C=O) groups excluding carboxylic acids is 2. The van der Waals surface area contributed by atoms with Crippen LogP contribution in [-0.2, 0) is 16.0 Å². The zero-order valence-electron chi connectivity index (χ0n) is 16.5. The van der Waals surface area contributed by atoms with Gasteiger partial charge in [0.15, 0.2) is 0 Å². The van der Waals surface area contributed by atoms with Crippen LogP contribution in [0.5, 0.6) is 0 Å². The van der Waals surface area contributed by atoms with Crippen molar-refractivity contribution >= 4 is 11.9 Å². The summed E-state index contributed by atoms with van der Waals surface area (Å²) >= 11 is 0. The van der Waals surface area contributed by atoms with E-state index in [1.165, 1.54) is 5.56 Å². The Hall–Kier alpha value is -2.08. The number of ether oxygens (including phenoxy) is 1. The summed E-state index contributed by atoms with van der Waals surface area (Å²) in [6, 6.07) is 10.4. The molecule has 6 nitrogen and oxygen atoms in total. The molecule has 0 aliphatic carbocycles. The Morgan fingerprint density at radius 2 is 1.78 bits per heavy atom. The van der Waals surface area contributed by atoms with Crippen molar-refractivity contribution in [2.24, 2.45) is 5.92 Å². The van der Waals surface area contributed by atoms with Gasteiger partial charge in [-0.05, 0) is 31.2 Å². The highest BCUT2D eigenvalue weighted by molar-refractivity contribution is 5.80. The van der Waals surface area contributed by atoms with Crippen molar-refractivity contribution in [1.29, 1.82) is 0 Å². The highest BCUT2D eigenvalue weighted by Gasteiger charge is 2.33. The Labute approximate surface area is 162 Å². The van der Waals surface area contributed by atoms with Crippen LogP contribution in [0.25, 0.3) is 0 Å². The van der Waals surface area contributed by atoms with Crippen LogP contribution in [0.2, 0.25) is 0 Å². The molecule has 0 N–H and O–H groups in total. The highest BCUT2D eigenvalue weighted by Crippen LogP contribution is 2.22. The summed E-state index contributed by atoms with van der Waals surface area (Å²) in [5.74, 6) is 0.268. The summed E-state index contributed by atoms with van der Waals surface area (Å²) in [6.07, 6.45) is 3.52. The molecule has 2 heterocycles. The smallest absolute Gasteiger partial charge is 0.319 e. The average molecular weight is 373 g/mol. The first-order valence-electron chi connectivity index (χ1n) is 9.95. The van der Waals surface area contributed by atoms with Gasteiger partial charge in [-0.3, -0.25) is 4.79 Å². The molecule has 1 aromatic carbocycles. The predicted molar refractivity (Wildman–Crippen MR) is 104 cm³/mol. The van der Waals surface area contributed by atoms with Gasteiger partial charge in [0.05, 0.1) is 12.7 Å². The number of hydrogen-bond acceptors (Lipinski definition) is 3. The number of morpholine rings is 1. The van der Waals surface area contributed by atoms with Gasteiger partial charge in [0.1, 0.15) is 0 Å².